The number of aromatic nitrogens is 1. The molecule has 0 aliphatic heterocycles. The second-order valence-corrected chi connectivity index (χ2v) is 8.63. The average molecular weight is 516 g/mol. The van der Waals surface area contributed by atoms with Crippen molar-refractivity contribution < 1.29 is 37.7 Å². The molecule has 0 spiro atoms. The fraction of sp³-hybridized carbons (Fsp3) is 0.778. The summed E-state index contributed by atoms with van der Waals surface area (Å²) in [7, 11) is 0. The van der Waals surface area contributed by atoms with Crippen molar-refractivity contribution in [3.8, 4) is 0 Å². The number of ether oxygens (including phenoxy) is 5. The van der Waals surface area contributed by atoms with E-state index in [1.165, 1.54) is 38.5 Å². The van der Waals surface area contributed by atoms with E-state index in [1.807, 2.05) is 6.92 Å². The van der Waals surface area contributed by atoms with Crippen molar-refractivity contribution in [2.75, 3.05) is 46.2 Å². The van der Waals surface area contributed by atoms with Crippen molar-refractivity contribution >= 4 is 12.1 Å². The van der Waals surface area contributed by atoms with Gasteiger partial charge in [-0.15, -0.1) is 0 Å². The molecule has 0 aliphatic carbocycles. The van der Waals surface area contributed by atoms with Gasteiger partial charge in [0.15, 0.2) is 0 Å². The van der Waals surface area contributed by atoms with Crippen LogP contribution >= 0.6 is 0 Å². The van der Waals surface area contributed by atoms with Crippen molar-refractivity contribution in [3.05, 3.63) is 24.0 Å². The molecule has 9 heteroatoms. The first-order valence-electron chi connectivity index (χ1n) is 13.5. The molecule has 1 atom stereocenters. The summed E-state index contributed by atoms with van der Waals surface area (Å²) in [5.74, 6) is -0.543. The zero-order chi connectivity index (χ0) is 26.3. The molecule has 0 saturated carbocycles. The lowest BCUT2D eigenvalue weighted by atomic mass is 10.1. The number of rotatable bonds is 23. The maximum absolute atomic E-state index is 14.3. The van der Waals surface area contributed by atoms with Crippen LogP contribution in [0.5, 0.6) is 0 Å². The van der Waals surface area contributed by atoms with Crippen LogP contribution in [0, 0.1) is 0 Å². The molecule has 0 fully saturated rings. The maximum Gasteiger partial charge on any atom is 0.508 e. The van der Waals surface area contributed by atoms with E-state index in [0.717, 1.165) is 12.8 Å². The van der Waals surface area contributed by atoms with Gasteiger partial charge in [0.2, 0.25) is 0 Å². The largest absolute Gasteiger partial charge is 0.508 e. The summed E-state index contributed by atoms with van der Waals surface area (Å²) in [4.78, 5) is 23.9. The minimum absolute atomic E-state index is 0.0624. The lowest BCUT2D eigenvalue weighted by molar-refractivity contribution is 0.00207. The highest BCUT2D eigenvalue weighted by molar-refractivity contribution is 5.87. The molecule has 36 heavy (non-hydrogen) atoms. The SMILES string of the molecule is CCCCCCCCCCC(F)CCn1cccc1C(=O)OCCOC(=O)OCCOCCOCC. The topological polar surface area (TPSA) is 85.2 Å². The summed E-state index contributed by atoms with van der Waals surface area (Å²) in [6, 6.07) is 3.36. The third-order valence-corrected chi connectivity index (χ3v) is 5.65. The fourth-order valence-electron chi connectivity index (χ4n) is 3.64. The molecule has 8 nitrogen and oxygen atoms in total. The van der Waals surface area contributed by atoms with Gasteiger partial charge >= 0.3 is 12.1 Å². The standard InChI is InChI=1S/C27H46FNO7/c1-3-5-6-7-8-9-10-11-13-24(28)15-17-29-16-12-14-25(29)26(30)34-22-23-36-27(31)35-21-20-33-19-18-32-4-2/h12,14,16,24H,3-11,13,15,17-23H2,1-2H3. The van der Waals surface area contributed by atoms with Crippen LogP contribution < -0.4 is 0 Å². The van der Waals surface area contributed by atoms with Crippen molar-refractivity contribution in [2.24, 2.45) is 0 Å². The number of esters is 1. The second-order valence-electron chi connectivity index (χ2n) is 8.63. The number of carbonyl (C=O) groups is 2. The Hall–Kier alpha value is -2.13. The zero-order valence-electron chi connectivity index (χ0n) is 22.2. The molecule has 1 heterocycles. The maximum atomic E-state index is 14.3. The number of hydrogen-bond donors (Lipinski definition) is 0. The highest BCUT2D eigenvalue weighted by Crippen LogP contribution is 2.15. The Balaban J connectivity index is 2.12. The molecule has 0 bridgehead atoms. The lowest BCUT2D eigenvalue weighted by Crippen LogP contribution is -2.18. The Morgan fingerprint density at radius 2 is 1.42 bits per heavy atom. The summed E-state index contributed by atoms with van der Waals surface area (Å²) in [6.45, 7) is 6.14. The quantitative estimate of drug-likeness (QED) is 0.128. The molecule has 1 aromatic rings. The predicted molar refractivity (Wildman–Crippen MR) is 136 cm³/mol. The van der Waals surface area contributed by atoms with Gasteiger partial charge in [0.25, 0.3) is 0 Å². The van der Waals surface area contributed by atoms with Crippen LogP contribution in [0.2, 0.25) is 0 Å². The number of unbranched alkanes of at least 4 members (excludes halogenated alkanes) is 7. The van der Waals surface area contributed by atoms with Crippen molar-refractivity contribution in [1.29, 1.82) is 0 Å². The van der Waals surface area contributed by atoms with Crippen LogP contribution in [0.4, 0.5) is 9.18 Å². The lowest BCUT2D eigenvalue weighted by Gasteiger charge is -2.12. The molecule has 1 aromatic heterocycles. The molecule has 0 saturated heterocycles. The second kappa shape index (κ2) is 22.1. The van der Waals surface area contributed by atoms with Gasteiger partial charge < -0.3 is 28.3 Å². The normalized spacial score (nSPS) is 11.9. The summed E-state index contributed by atoms with van der Waals surface area (Å²) in [5.41, 5.74) is 0.348. The van der Waals surface area contributed by atoms with Gasteiger partial charge in [-0.1, -0.05) is 58.3 Å². The molecular weight excluding hydrogens is 469 g/mol. The van der Waals surface area contributed by atoms with E-state index in [0.29, 0.717) is 44.9 Å². The first-order valence-corrected chi connectivity index (χ1v) is 13.5. The molecule has 1 rings (SSSR count). The molecular formula is C27H46FNO7. The van der Waals surface area contributed by atoms with Gasteiger partial charge in [-0.3, -0.25) is 0 Å². The Bertz CT molecular complexity index is 683. The number of aryl methyl sites for hydroxylation is 1. The minimum Gasteiger partial charge on any atom is -0.457 e. The van der Waals surface area contributed by atoms with Crippen LogP contribution in [0.3, 0.4) is 0 Å². The van der Waals surface area contributed by atoms with Crippen molar-refractivity contribution in [1.82, 2.24) is 4.57 Å². The first kappa shape index (κ1) is 31.9. The van der Waals surface area contributed by atoms with Crippen LogP contribution in [0.25, 0.3) is 0 Å². The Morgan fingerprint density at radius 1 is 0.806 bits per heavy atom. The van der Waals surface area contributed by atoms with Gasteiger partial charge in [0.05, 0.1) is 19.8 Å². The minimum atomic E-state index is -0.883. The van der Waals surface area contributed by atoms with Gasteiger partial charge in [0.1, 0.15) is 31.7 Å². The average Bonchev–Trinajstić information content (AvgIpc) is 3.35. The molecule has 0 N–H and O–H groups in total. The highest BCUT2D eigenvalue weighted by atomic mass is 19.1. The Morgan fingerprint density at radius 3 is 2.14 bits per heavy atom. The van der Waals surface area contributed by atoms with E-state index in [1.54, 1.807) is 22.9 Å². The predicted octanol–water partition coefficient (Wildman–Crippen LogP) is 6.11. The molecule has 0 aliphatic rings. The van der Waals surface area contributed by atoms with Crippen molar-refractivity contribution in [2.45, 2.75) is 90.8 Å². The monoisotopic (exact) mass is 515 g/mol. The van der Waals surface area contributed by atoms with Crippen LogP contribution in [-0.4, -0.2) is 69.1 Å². The third kappa shape index (κ3) is 16.5. The summed E-state index contributed by atoms with van der Waals surface area (Å²) >= 11 is 0. The van der Waals surface area contributed by atoms with Gasteiger partial charge in [-0.2, -0.15) is 0 Å². The van der Waals surface area contributed by atoms with E-state index < -0.39 is 18.3 Å². The van der Waals surface area contributed by atoms with Crippen LogP contribution in [0.15, 0.2) is 18.3 Å². The number of alkyl halides is 1. The first-order chi connectivity index (χ1) is 17.6. The fourth-order valence-corrected chi connectivity index (χ4v) is 3.64. The Kier molecular flexibility index (Phi) is 19.6. The van der Waals surface area contributed by atoms with Gasteiger partial charge in [-0.05, 0) is 31.9 Å². The van der Waals surface area contributed by atoms with E-state index >= 15 is 0 Å². The smallest absolute Gasteiger partial charge is 0.457 e. The van der Waals surface area contributed by atoms with Gasteiger partial charge in [-0.25, -0.2) is 14.0 Å². The van der Waals surface area contributed by atoms with E-state index in [4.69, 9.17) is 23.7 Å². The number of hydrogen-bond acceptors (Lipinski definition) is 7. The van der Waals surface area contributed by atoms with E-state index in [2.05, 4.69) is 6.92 Å². The highest BCUT2D eigenvalue weighted by Gasteiger charge is 2.14. The molecule has 0 amide bonds. The van der Waals surface area contributed by atoms with E-state index in [9.17, 15) is 14.0 Å². The molecule has 1 unspecified atom stereocenters. The van der Waals surface area contributed by atoms with Gasteiger partial charge in [0, 0.05) is 19.3 Å². The molecule has 0 aromatic carbocycles. The van der Waals surface area contributed by atoms with Crippen LogP contribution in [0.1, 0.15) is 88.5 Å². The van der Waals surface area contributed by atoms with Crippen LogP contribution in [-0.2, 0) is 30.2 Å². The summed E-state index contributed by atoms with van der Waals surface area (Å²) in [6.07, 6.45) is 10.4. The number of nitrogens with zero attached hydrogens (tertiary/aromatic N) is 1. The zero-order valence-corrected chi connectivity index (χ0v) is 22.2. The molecule has 208 valence electrons. The summed E-state index contributed by atoms with van der Waals surface area (Å²) < 4.78 is 41.2. The Labute approximate surface area is 215 Å². The summed E-state index contributed by atoms with van der Waals surface area (Å²) in [5, 5.41) is 0. The number of carbonyl (C=O) groups excluding carboxylic acids is 2. The van der Waals surface area contributed by atoms with E-state index in [-0.39, 0.29) is 26.4 Å². The molecule has 0 radical (unpaired) electrons. The third-order valence-electron chi connectivity index (χ3n) is 5.65. The van der Waals surface area contributed by atoms with Crippen molar-refractivity contribution in [3.63, 3.8) is 0 Å². The number of halogens is 1.